The first-order chi connectivity index (χ1) is 9.88. The Hall–Kier alpha value is -1.19. The molecule has 1 aliphatic rings. The predicted octanol–water partition coefficient (Wildman–Crippen LogP) is 3.83. The van der Waals surface area contributed by atoms with E-state index in [1.807, 2.05) is 0 Å². The van der Waals surface area contributed by atoms with E-state index in [2.05, 4.69) is 53.5 Å². The fraction of sp³-hybridized carbons (Fsp3) is 0.412. The second kappa shape index (κ2) is 6.51. The summed E-state index contributed by atoms with van der Waals surface area (Å²) in [4.78, 5) is 0. The molecule has 0 amide bonds. The monoisotopic (exact) mass is 287 g/mol. The molecular weight excluding hydrogens is 266 g/mol. The molecule has 0 spiro atoms. The Labute approximate surface area is 124 Å². The summed E-state index contributed by atoms with van der Waals surface area (Å²) in [5.74, 6) is 3.55. The van der Waals surface area contributed by atoms with Gasteiger partial charge in [-0.15, -0.1) is 0 Å². The summed E-state index contributed by atoms with van der Waals surface area (Å²) < 4.78 is 5.55. The zero-order chi connectivity index (χ0) is 13.8. The van der Waals surface area contributed by atoms with Gasteiger partial charge in [0.15, 0.2) is 0 Å². The molecule has 3 rings (SSSR count). The van der Waals surface area contributed by atoms with Crippen molar-refractivity contribution in [1.82, 2.24) is 5.32 Å². The molecule has 0 radical (unpaired) electrons. The lowest BCUT2D eigenvalue weighted by molar-refractivity contribution is 0.404. The van der Waals surface area contributed by atoms with Gasteiger partial charge in [0.25, 0.3) is 0 Å². The molecule has 1 aliphatic heterocycles. The minimum Gasteiger partial charge on any atom is -0.496 e. The number of nitrogens with one attached hydrogen (secondary N) is 1. The summed E-state index contributed by atoms with van der Waals surface area (Å²) in [6.07, 6.45) is 2.55. The fourth-order valence-corrected chi connectivity index (χ4v) is 3.94. The van der Waals surface area contributed by atoms with E-state index in [1.54, 1.807) is 7.11 Å². The minimum absolute atomic E-state index is 0.653. The Balaban J connectivity index is 1.84. The SMILES string of the molecule is COc1ccc2ccccc2c1CNC1CCSCC1. The zero-order valence-electron chi connectivity index (χ0n) is 11.9. The normalized spacial score (nSPS) is 16.4. The van der Waals surface area contributed by atoms with Gasteiger partial charge in [0.05, 0.1) is 7.11 Å². The van der Waals surface area contributed by atoms with Crippen molar-refractivity contribution >= 4 is 22.5 Å². The van der Waals surface area contributed by atoms with Crippen LogP contribution < -0.4 is 10.1 Å². The van der Waals surface area contributed by atoms with E-state index in [0.29, 0.717) is 6.04 Å². The third-order valence-corrected chi connectivity index (χ3v) is 5.06. The van der Waals surface area contributed by atoms with Crippen LogP contribution in [0.3, 0.4) is 0 Å². The molecule has 106 valence electrons. The summed E-state index contributed by atoms with van der Waals surface area (Å²) in [5, 5.41) is 6.29. The van der Waals surface area contributed by atoms with Crippen LogP contribution in [-0.4, -0.2) is 24.7 Å². The van der Waals surface area contributed by atoms with Gasteiger partial charge in [0, 0.05) is 18.2 Å². The molecule has 0 bridgehead atoms. The number of rotatable bonds is 4. The Morgan fingerprint density at radius 2 is 1.95 bits per heavy atom. The quantitative estimate of drug-likeness (QED) is 0.923. The summed E-state index contributed by atoms with van der Waals surface area (Å²) in [6, 6.07) is 13.4. The number of thioether (sulfide) groups is 1. The van der Waals surface area contributed by atoms with Crippen LogP contribution in [0, 0.1) is 0 Å². The lowest BCUT2D eigenvalue weighted by Gasteiger charge is -2.23. The molecule has 2 nitrogen and oxygen atoms in total. The second-order valence-corrected chi connectivity index (χ2v) is 6.46. The maximum absolute atomic E-state index is 5.55. The number of ether oxygens (including phenoxy) is 1. The molecule has 2 aromatic rings. The van der Waals surface area contributed by atoms with Gasteiger partial charge in [-0.3, -0.25) is 0 Å². The highest BCUT2D eigenvalue weighted by Gasteiger charge is 2.15. The first-order valence-corrected chi connectivity index (χ1v) is 8.39. The number of methoxy groups -OCH3 is 1. The highest BCUT2D eigenvalue weighted by Crippen LogP contribution is 2.28. The standard InChI is InChI=1S/C17H21NOS/c1-19-17-7-6-13-4-2-3-5-15(13)16(17)12-18-14-8-10-20-11-9-14/h2-7,14,18H,8-12H2,1H3. The number of benzene rings is 2. The van der Waals surface area contributed by atoms with Gasteiger partial charge in [-0.05, 0) is 41.2 Å². The first kappa shape index (κ1) is 13.8. The summed E-state index contributed by atoms with van der Waals surface area (Å²) >= 11 is 2.07. The van der Waals surface area contributed by atoms with Crippen LogP contribution in [-0.2, 0) is 6.54 Å². The topological polar surface area (TPSA) is 21.3 Å². The highest BCUT2D eigenvalue weighted by atomic mass is 32.2. The summed E-state index contributed by atoms with van der Waals surface area (Å²) in [6.45, 7) is 0.889. The van der Waals surface area contributed by atoms with Crippen LogP contribution in [0.5, 0.6) is 5.75 Å². The number of fused-ring (bicyclic) bond motifs is 1. The van der Waals surface area contributed by atoms with Gasteiger partial charge >= 0.3 is 0 Å². The van der Waals surface area contributed by atoms with Crippen LogP contribution in [0.1, 0.15) is 18.4 Å². The smallest absolute Gasteiger partial charge is 0.123 e. The third kappa shape index (κ3) is 2.94. The van der Waals surface area contributed by atoms with Gasteiger partial charge in [0.1, 0.15) is 5.75 Å². The van der Waals surface area contributed by atoms with Crippen LogP contribution in [0.25, 0.3) is 10.8 Å². The molecule has 1 heterocycles. The Kier molecular flexibility index (Phi) is 4.48. The Morgan fingerprint density at radius 3 is 2.75 bits per heavy atom. The van der Waals surface area contributed by atoms with E-state index in [0.717, 1.165) is 12.3 Å². The average Bonchev–Trinajstić information content (AvgIpc) is 2.53. The molecule has 3 heteroatoms. The molecule has 0 atom stereocenters. The van der Waals surface area contributed by atoms with Crippen LogP contribution in [0.4, 0.5) is 0 Å². The minimum atomic E-state index is 0.653. The average molecular weight is 287 g/mol. The molecule has 20 heavy (non-hydrogen) atoms. The van der Waals surface area contributed by atoms with Crippen molar-refractivity contribution in [2.75, 3.05) is 18.6 Å². The van der Waals surface area contributed by atoms with Crippen molar-refractivity contribution in [3.8, 4) is 5.75 Å². The van der Waals surface area contributed by atoms with Crippen LogP contribution in [0.15, 0.2) is 36.4 Å². The van der Waals surface area contributed by atoms with Crippen molar-refractivity contribution < 1.29 is 4.74 Å². The van der Waals surface area contributed by atoms with E-state index in [-0.39, 0.29) is 0 Å². The Bertz CT molecular complexity index is 578. The van der Waals surface area contributed by atoms with E-state index < -0.39 is 0 Å². The van der Waals surface area contributed by atoms with Gasteiger partial charge in [-0.1, -0.05) is 30.3 Å². The van der Waals surface area contributed by atoms with Gasteiger partial charge in [-0.25, -0.2) is 0 Å². The van der Waals surface area contributed by atoms with Gasteiger partial charge in [0.2, 0.25) is 0 Å². The molecule has 0 aliphatic carbocycles. The zero-order valence-corrected chi connectivity index (χ0v) is 12.7. The predicted molar refractivity (Wildman–Crippen MR) is 87.7 cm³/mol. The van der Waals surface area contributed by atoms with E-state index in [1.165, 1.54) is 40.7 Å². The lowest BCUT2D eigenvalue weighted by atomic mass is 10.0. The fourth-order valence-electron chi connectivity index (χ4n) is 2.84. The number of hydrogen-bond acceptors (Lipinski definition) is 3. The third-order valence-electron chi connectivity index (χ3n) is 4.01. The molecule has 0 saturated carbocycles. The maximum atomic E-state index is 5.55. The van der Waals surface area contributed by atoms with Crippen molar-refractivity contribution in [3.05, 3.63) is 42.0 Å². The molecule has 0 unspecified atom stereocenters. The maximum Gasteiger partial charge on any atom is 0.123 e. The lowest BCUT2D eigenvalue weighted by Crippen LogP contribution is -2.32. The van der Waals surface area contributed by atoms with Crippen LogP contribution >= 0.6 is 11.8 Å². The number of hydrogen-bond donors (Lipinski definition) is 1. The largest absolute Gasteiger partial charge is 0.496 e. The Morgan fingerprint density at radius 1 is 1.15 bits per heavy atom. The van der Waals surface area contributed by atoms with Crippen molar-refractivity contribution in [2.24, 2.45) is 0 Å². The van der Waals surface area contributed by atoms with Crippen molar-refractivity contribution in [1.29, 1.82) is 0 Å². The highest BCUT2D eigenvalue weighted by molar-refractivity contribution is 7.99. The second-order valence-electron chi connectivity index (χ2n) is 5.24. The van der Waals surface area contributed by atoms with Crippen molar-refractivity contribution in [2.45, 2.75) is 25.4 Å². The van der Waals surface area contributed by atoms with E-state index >= 15 is 0 Å². The summed E-state index contributed by atoms with van der Waals surface area (Å²) in [7, 11) is 1.75. The van der Waals surface area contributed by atoms with Crippen LogP contribution in [0.2, 0.25) is 0 Å². The molecule has 2 aromatic carbocycles. The molecule has 0 aromatic heterocycles. The first-order valence-electron chi connectivity index (χ1n) is 7.24. The summed E-state index contributed by atoms with van der Waals surface area (Å²) in [5.41, 5.74) is 1.28. The van der Waals surface area contributed by atoms with Crippen molar-refractivity contribution in [3.63, 3.8) is 0 Å². The molecule has 1 fully saturated rings. The molecule has 1 N–H and O–H groups in total. The van der Waals surface area contributed by atoms with Gasteiger partial charge in [-0.2, -0.15) is 11.8 Å². The molecule has 1 saturated heterocycles. The van der Waals surface area contributed by atoms with E-state index in [9.17, 15) is 0 Å². The van der Waals surface area contributed by atoms with Gasteiger partial charge < -0.3 is 10.1 Å². The molecular formula is C17H21NOS. The van der Waals surface area contributed by atoms with E-state index in [4.69, 9.17) is 4.74 Å².